The van der Waals surface area contributed by atoms with Gasteiger partial charge in [-0.25, -0.2) is 4.79 Å². The maximum absolute atomic E-state index is 11.8. The number of benzene rings is 1. The molecule has 23 heavy (non-hydrogen) atoms. The minimum Gasteiger partial charge on any atom is -0.465 e. The molecule has 0 bridgehead atoms. The number of rotatable bonds is 9. The molecule has 0 aliphatic carbocycles. The molecule has 0 saturated heterocycles. The molecule has 6 nitrogen and oxygen atoms in total. The maximum atomic E-state index is 11.8. The number of carbonyl (C=O) groups is 3. The van der Waals surface area contributed by atoms with Gasteiger partial charge in [-0.05, 0) is 25.0 Å². The van der Waals surface area contributed by atoms with E-state index in [0.717, 1.165) is 19.3 Å². The second-order valence-corrected chi connectivity index (χ2v) is 5.05. The molecule has 0 aliphatic heterocycles. The van der Waals surface area contributed by atoms with Gasteiger partial charge in [0.15, 0.2) is 0 Å². The monoisotopic (exact) mass is 321 g/mol. The summed E-state index contributed by atoms with van der Waals surface area (Å²) >= 11 is 0. The van der Waals surface area contributed by atoms with E-state index in [1.807, 2.05) is 0 Å². The molecule has 0 heterocycles. The molecule has 0 saturated carbocycles. The molecule has 0 radical (unpaired) electrons. The number of amides is 1. The van der Waals surface area contributed by atoms with E-state index in [1.165, 1.54) is 7.11 Å². The highest BCUT2D eigenvalue weighted by Gasteiger charge is 2.14. The van der Waals surface area contributed by atoms with Crippen LogP contribution in [0.25, 0.3) is 0 Å². The van der Waals surface area contributed by atoms with Crippen LogP contribution in [0.5, 0.6) is 5.75 Å². The van der Waals surface area contributed by atoms with Crippen LogP contribution in [0, 0.1) is 0 Å². The third kappa shape index (κ3) is 6.95. The second kappa shape index (κ2) is 10.4. The highest BCUT2D eigenvalue weighted by Crippen LogP contribution is 2.19. The molecular weight excluding hydrogens is 298 g/mol. The van der Waals surface area contributed by atoms with Gasteiger partial charge in [0, 0.05) is 19.9 Å². The lowest BCUT2D eigenvalue weighted by atomic mass is 10.1. The van der Waals surface area contributed by atoms with Crippen LogP contribution >= 0.6 is 0 Å². The topological polar surface area (TPSA) is 81.7 Å². The summed E-state index contributed by atoms with van der Waals surface area (Å²) in [7, 11) is 2.89. The van der Waals surface area contributed by atoms with Crippen LogP contribution in [0.2, 0.25) is 0 Å². The highest BCUT2D eigenvalue weighted by molar-refractivity contribution is 5.93. The number of carbonyl (C=O) groups excluding carboxylic acids is 3. The molecule has 6 heteroatoms. The summed E-state index contributed by atoms with van der Waals surface area (Å²) in [5.41, 5.74) is 0.230. The van der Waals surface area contributed by atoms with Gasteiger partial charge in [0.2, 0.25) is 5.91 Å². The lowest BCUT2D eigenvalue weighted by Gasteiger charge is -2.08. The van der Waals surface area contributed by atoms with Gasteiger partial charge < -0.3 is 14.8 Å². The van der Waals surface area contributed by atoms with Crippen molar-refractivity contribution in [3.8, 4) is 5.75 Å². The Morgan fingerprint density at radius 2 is 1.65 bits per heavy atom. The summed E-state index contributed by atoms with van der Waals surface area (Å²) < 4.78 is 9.88. The van der Waals surface area contributed by atoms with Gasteiger partial charge in [-0.1, -0.05) is 25.0 Å². The first-order chi connectivity index (χ1) is 11.1. The molecule has 0 unspecified atom stereocenters. The minimum atomic E-state index is -0.539. The van der Waals surface area contributed by atoms with E-state index in [4.69, 9.17) is 4.74 Å². The van der Waals surface area contributed by atoms with E-state index in [0.29, 0.717) is 12.8 Å². The van der Waals surface area contributed by atoms with E-state index < -0.39 is 5.97 Å². The van der Waals surface area contributed by atoms with Gasteiger partial charge in [-0.3, -0.25) is 9.59 Å². The van der Waals surface area contributed by atoms with Gasteiger partial charge in [-0.2, -0.15) is 0 Å². The molecular formula is C17H23NO5. The van der Waals surface area contributed by atoms with Crippen LogP contribution < -0.4 is 10.1 Å². The fourth-order valence-electron chi connectivity index (χ4n) is 2.04. The largest absolute Gasteiger partial charge is 0.465 e. The zero-order valence-electron chi connectivity index (χ0n) is 13.6. The van der Waals surface area contributed by atoms with Gasteiger partial charge in [0.05, 0.1) is 7.11 Å². The van der Waals surface area contributed by atoms with Crippen molar-refractivity contribution in [2.24, 2.45) is 0 Å². The first-order valence-electron chi connectivity index (χ1n) is 7.67. The standard InChI is InChI=1S/C17H23NO5/c1-18-15(19)11-5-3-4-6-12-16(20)23-14-10-8-7-9-13(14)17(21)22-2/h7-10H,3-6,11-12H2,1-2H3,(H,18,19). The van der Waals surface area contributed by atoms with Gasteiger partial charge in [-0.15, -0.1) is 0 Å². The average molecular weight is 321 g/mol. The molecule has 0 fully saturated rings. The zero-order valence-corrected chi connectivity index (χ0v) is 13.6. The van der Waals surface area contributed by atoms with Crippen molar-refractivity contribution >= 4 is 17.8 Å². The molecule has 1 N–H and O–H groups in total. The Hall–Kier alpha value is -2.37. The van der Waals surface area contributed by atoms with Crippen molar-refractivity contribution in [3.05, 3.63) is 29.8 Å². The molecule has 1 amide bonds. The molecule has 1 aromatic carbocycles. The number of para-hydroxylation sites is 1. The van der Waals surface area contributed by atoms with Crippen LogP contribution in [-0.4, -0.2) is 32.0 Å². The predicted molar refractivity (Wildman–Crippen MR) is 85.2 cm³/mol. The Labute approximate surface area is 136 Å². The van der Waals surface area contributed by atoms with Crippen molar-refractivity contribution in [3.63, 3.8) is 0 Å². The van der Waals surface area contributed by atoms with Crippen molar-refractivity contribution in [1.82, 2.24) is 5.32 Å². The fourth-order valence-corrected chi connectivity index (χ4v) is 2.04. The lowest BCUT2D eigenvalue weighted by Crippen LogP contribution is -2.16. The minimum absolute atomic E-state index is 0.0313. The number of hydrogen-bond donors (Lipinski definition) is 1. The highest BCUT2D eigenvalue weighted by atomic mass is 16.5. The van der Waals surface area contributed by atoms with Crippen molar-refractivity contribution in [2.75, 3.05) is 14.2 Å². The normalized spacial score (nSPS) is 10.0. The average Bonchev–Trinajstić information content (AvgIpc) is 2.57. The number of unbranched alkanes of at least 4 members (excludes halogenated alkanes) is 3. The van der Waals surface area contributed by atoms with Gasteiger partial charge >= 0.3 is 11.9 Å². The molecule has 0 aliphatic rings. The summed E-state index contributed by atoms with van der Waals surface area (Å²) in [6.45, 7) is 0. The first kappa shape index (κ1) is 18.7. The van der Waals surface area contributed by atoms with Crippen molar-refractivity contribution in [1.29, 1.82) is 0 Å². The molecule has 0 spiro atoms. The maximum Gasteiger partial charge on any atom is 0.341 e. The number of ether oxygens (including phenoxy) is 2. The number of methoxy groups -OCH3 is 1. The summed E-state index contributed by atoms with van der Waals surface area (Å²) in [6, 6.07) is 6.48. The first-order valence-corrected chi connectivity index (χ1v) is 7.67. The molecule has 1 rings (SSSR count). The summed E-state index contributed by atoms with van der Waals surface area (Å²) in [6.07, 6.45) is 4.01. The predicted octanol–water partition coefficient (Wildman–Crippen LogP) is 2.47. The Morgan fingerprint density at radius 1 is 1.00 bits per heavy atom. The molecule has 0 atom stereocenters. The third-order valence-corrected chi connectivity index (χ3v) is 3.33. The second-order valence-electron chi connectivity index (χ2n) is 5.05. The van der Waals surface area contributed by atoms with Crippen LogP contribution in [0.1, 0.15) is 48.9 Å². The fraction of sp³-hybridized carbons (Fsp3) is 0.471. The Morgan fingerprint density at radius 3 is 2.30 bits per heavy atom. The SMILES string of the molecule is CNC(=O)CCCCCCC(=O)Oc1ccccc1C(=O)OC. The van der Waals surface area contributed by atoms with E-state index >= 15 is 0 Å². The van der Waals surface area contributed by atoms with Crippen molar-refractivity contribution < 1.29 is 23.9 Å². The van der Waals surface area contributed by atoms with E-state index in [-0.39, 0.29) is 29.6 Å². The molecule has 126 valence electrons. The number of nitrogens with one attached hydrogen (secondary N) is 1. The summed E-state index contributed by atoms with van der Waals surface area (Å²) in [5, 5.41) is 2.57. The third-order valence-electron chi connectivity index (χ3n) is 3.33. The van der Waals surface area contributed by atoms with Crippen LogP contribution in [0.3, 0.4) is 0 Å². The quantitative estimate of drug-likeness (QED) is 0.429. The zero-order chi connectivity index (χ0) is 17.1. The van der Waals surface area contributed by atoms with E-state index in [2.05, 4.69) is 10.1 Å². The smallest absolute Gasteiger partial charge is 0.341 e. The van der Waals surface area contributed by atoms with Gasteiger partial charge in [0.25, 0.3) is 0 Å². The Kier molecular flexibility index (Phi) is 8.42. The Bertz CT molecular complexity index is 542. The Balaban J connectivity index is 2.32. The molecule has 0 aromatic heterocycles. The number of esters is 2. The van der Waals surface area contributed by atoms with Crippen LogP contribution in [0.15, 0.2) is 24.3 Å². The van der Waals surface area contributed by atoms with Gasteiger partial charge in [0.1, 0.15) is 11.3 Å². The summed E-state index contributed by atoms with van der Waals surface area (Å²) in [5.74, 6) is -0.678. The van der Waals surface area contributed by atoms with Crippen LogP contribution in [-0.2, 0) is 14.3 Å². The van der Waals surface area contributed by atoms with E-state index in [9.17, 15) is 14.4 Å². The lowest BCUT2D eigenvalue weighted by molar-refractivity contribution is -0.134. The molecule has 1 aromatic rings. The van der Waals surface area contributed by atoms with E-state index in [1.54, 1.807) is 31.3 Å². The summed E-state index contributed by atoms with van der Waals surface area (Å²) in [4.78, 5) is 34.5. The van der Waals surface area contributed by atoms with Crippen LogP contribution in [0.4, 0.5) is 0 Å². The number of hydrogen-bond acceptors (Lipinski definition) is 5. The van der Waals surface area contributed by atoms with Crippen molar-refractivity contribution in [2.45, 2.75) is 38.5 Å².